The first kappa shape index (κ1) is 10.8. The summed E-state index contributed by atoms with van der Waals surface area (Å²) in [6, 6.07) is 7.08. The Morgan fingerprint density at radius 1 is 1.44 bits per heavy atom. The van der Waals surface area contributed by atoms with E-state index in [1.807, 2.05) is 6.07 Å². The average Bonchev–Trinajstić information content (AvgIpc) is 2.27. The third kappa shape index (κ3) is 2.25. The van der Waals surface area contributed by atoms with Crippen LogP contribution in [0.15, 0.2) is 24.3 Å². The molecule has 1 aromatic carbocycles. The highest BCUT2D eigenvalue weighted by Gasteiger charge is 2.28. The van der Waals surface area contributed by atoms with Crippen LogP contribution in [0, 0.1) is 0 Å². The molecule has 0 bridgehead atoms. The molecule has 0 radical (unpaired) electrons. The molecule has 5 heteroatoms. The number of aliphatic hydroxyl groups excluding tert-OH is 1. The lowest BCUT2D eigenvalue weighted by Crippen LogP contribution is -2.40. The van der Waals surface area contributed by atoms with Crippen molar-refractivity contribution in [2.75, 3.05) is 6.61 Å². The second-order valence-electron chi connectivity index (χ2n) is 3.58. The van der Waals surface area contributed by atoms with Gasteiger partial charge in [-0.25, -0.2) is 0 Å². The largest absolute Gasteiger partial charge is 0.486 e. The molecule has 1 aliphatic rings. The molecular formula is C11H12O5. The molecule has 0 aromatic heterocycles. The van der Waals surface area contributed by atoms with Crippen LogP contribution in [0.1, 0.15) is 6.42 Å². The number of aliphatic hydroxyl groups is 1. The van der Waals surface area contributed by atoms with Crippen LogP contribution < -0.4 is 9.47 Å². The highest BCUT2D eigenvalue weighted by atomic mass is 16.6. The number of benzene rings is 1. The number of para-hydroxylation sites is 2. The van der Waals surface area contributed by atoms with E-state index in [0.29, 0.717) is 11.5 Å². The molecule has 0 saturated heterocycles. The molecule has 0 aliphatic carbocycles. The van der Waals surface area contributed by atoms with Crippen molar-refractivity contribution in [3.8, 4) is 11.5 Å². The number of hydrogen-bond donors (Lipinski definition) is 2. The number of ether oxygens (including phenoxy) is 2. The summed E-state index contributed by atoms with van der Waals surface area (Å²) in [4.78, 5) is 10.4. The van der Waals surface area contributed by atoms with E-state index in [1.165, 1.54) is 0 Å². The third-order valence-corrected chi connectivity index (χ3v) is 2.34. The van der Waals surface area contributed by atoms with E-state index < -0.39 is 18.2 Å². The first-order valence-corrected chi connectivity index (χ1v) is 4.95. The summed E-state index contributed by atoms with van der Waals surface area (Å²) < 4.78 is 10.8. The summed E-state index contributed by atoms with van der Waals surface area (Å²) >= 11 is 0. The Balaban J connectivity index is 2.05. The molecule has 1 unspecified atom stereocenters. The number of rotatable bonds is 3. The fourth-order valence-corrected chi connectivity index (χ4v) is 1.54. The summed E-state index contributed by atoms with van der Waals surface area (Å²) in [7, 11) is 0. The van der Waals surface area contributed by atoms with Gasteiger partial charge in [0, 0.05) is 0 Å². The van der Waals surface area contributed by atoms with Gasteiger partial charge in [0.05, 0.1) is 6.42 Å². The van der Waals surface area contributed by atoms with Crippen molar-refractivity contribution in [3.05, 3.63) is 24.3 Å². The molecule has 0 fully saturated rings. The Kier molecular flexibility index (Phi) is 2.96. The van der Waals surface area contributed by atoms with Crippen LogP contribution in [0.4, 0.5) is 0 Å². The molecule has 5 nitrogen and oxygen atoms in total. The maximum absolute atomic E-state index is 10.4. The van der Waals surface area contributed by atoms with Crippen molar-refractivity contribution < 1.29 is 24.5 Å². The highest BCUT2D eigenvalue weighted by Crippen LogP contribution is 2.31. The minimum Gasteiger partial charge on any atom is -0.486 e. The van der Waals surface area contributed by atoms with Gasteiger partial charge < -0.3 is 19.7 Å². The van der Waals surface area contributed by atoms with Gasteiger partial charge in [-0.15, -0.1) is 0 Å². The van der Waals surface area contributed by atoms with Crippen LogP contribution in [0.2, 0.25) is 0 Å². The lowest BCUT2D eigenvalue weighted by molar-refractivity contribution is -0.141. The van der Waals surface area contributed by atoms with Crippen LogP contribution in [0.25, 0.3) is 0 Å². The highest BCUT2D eigenvalue weighted by molar-refractivity contribution is 5.67. The lowest BCUT2D eigenvalue weighted by atomic mass is 10.1. The third-order valence-electron chi connectivity index (χ3n) is 2.34. The second kappa shape index (κ2) is 4.40. The number of carbonyl (C=O) groups is 1. The van der Waals surface area contributed by atoms with E-state index in [1.54, 1.807) is 18.2 Å². The first-order valence-electron chi connectivity index (χ1n) is 4.95. The number of carboxylic acid groups (broad SMARTS) is 1. The molecule has 2 atom stereocenters. The van der Waals surface area contributed by atoms with Crippen LogP contribution in [-0.2, 0) is 4.79 Å². The molecule has 1 heterocycles. The zero-order valence-corrected chi connectivity index (χ0v) is 8.50. The van der Waals surface area contributed by atoms with Crippen molar-refractivity contribution in [2.45, 2.75) is 18.6 Å². The maximum Gasteiger partial charge on any atom is 0.306 e. The molecule has 0 amide bonds. The summed E-state index contributed by atoms with van der Waals surface area (Å²) in [6.45, 7) is 0.158. The molecule has 2 N–H and O–H groups in total. The maximum atomic E-state index is 10.4. The van der Waals surface area contributed by atoms with Gasteiger partial charge in [0.2, 0.25) is 0 Å². The summed E-state index contributed by atoms with van der Waals surface area (Å²) in [5.41, 5.74) is 0. The van der Waals surface area contributed by atoms with Crippen LogP contribution in [0.3, 0.4) is 0 Å². The Hall–Kier alpha value is -1.75. The van der Waals surface area contributed by atoms with E-state index in [4.69, 9.17) is 14.6 Å². The molecule has 86 valence electrons. The summed E-state index contributed by atoms with van der Waals surface area (Å²) in [5, 5.41) is 18.1. The van der Waals surface area contributed by atoms with Gasteiger partial charge in [-0.3, -0.25) is 4.79 Å². The predicted octanol–water partition coefficient (Wildman–Crippen LogP) is 0.662. The van der Waals surface area contributed by atoms with Gasteiger partial charge in [-0.05, 0) is 12.1 Å². The normalized spacial score (nSPS) is 20.2. The van der Waals surface area contributed by atoms with Gasteiger partial charge in [-0.1, -0.05) is 12.1 Å². The monoisotopic (exact) mass is 224 g/mol. The Bertz CT molecular complexity index is 390. The van der Waals surface area contributed by atoms with E-state index in [-0.39, 0.29) is 13.0 Å². The lowest BCUT2D eigenvalue weighted by Gasteiger charge is -2.28. The van der Waals surface area contributed by atoms with Gasteiger partial charge in [0.15, 0.2) is 17.6 Å². The topological polar surface area (TPSA) is 76.0 Å². The first-order chi connectivity index (χ1) is 7.66. The van der Waals surface area contributed by atoms with Crippen molar-refractivity contribution in [2.24, 2.45) is 0 Å². The van der Waals surface area contributed by atoms with E-state index in [0.717, 1.165) is 0 Å². The fraction of sp³-hybridized carbons (Fsp3) is 0.364. The van der Waals surface area contributed by atoms with Gasteiger partial charge in [0.25, 0.3) is 0 Å². The second-order valence-corrected chi connectivity index (χ2v) is 3.58. The molecule has 0 spiro atoms. The molecule has 1 aromatic rings. The number of fused-ring (bicyclic) bond motifs is 1. The van der Waals surface area contributed by atoms with Crippen molar-refractivity contribution in [3.63, 3.8) is 0 Å². The smallest absolute Gasteiger partial charge is 0.306 e. The Morgan fingerprint density at radius 3 is 2.81 bits per heavy atom. The van der Waals surface area contributed by atoms with Crippen LogP contribution in [-0.4, -0.2) is 35.0 Å². The molecule has 0 saturated carbocycles. The van der Waals surface area contributed by atoms with Gasteiger partial charge >= 0.3 is 5.97 Å². The zero-order valence-electron chi connectivity index (χ0n) is 8.50. The van der Waals surface area contributed by atoms with Crippen molar-refractivity contribution in [1.82, 2.24) is 0 Å². The summed E-state index contributed by atoms with van der Waals surface area (Å²) in [6.07, 6.45) is -2.05. The fourth-order valence-electron chi connectivity index (χ4n) is 1.54. The SMILES string of the molecule is O=C(O)C[C@@H](O)C1COc2ccccc2O1. The molecule has 2 rings (SSSR count). The van der Waals surface area contributed by atoms with Crippen molar-refractivity contribution >= 4 is 5.97 Å². The molecular weight excluding hydrogens is 212 g/mol. The van der Waals surface area contributed by atoms with Crippen molar-refractivity contribution in [1.29, 1.82) is 0 Å². The van der Waals surface area contributed by atoms with E-state index in [9.17, 15) is 9.90 Å². The zero-order chi connectivity index (χ0) is 11.5. The Morgan fingerprint density at radius 2 is 2.12 bits per heavy atom. The van der Waals surface area contributed by atoms with E-state index >= 15 is 0 Å². The molecule has 16 heavy (non-hydrogen) atoms. The van der Waals surface area contributed by atoms with Gasteiger partial charge in [-0.2, -0.15) is 0 Å². The average molecular weight is 224 g/mol. The minimum atomic E-state index is -1.06. The summed E-state index contributed by atoms with van der Waals surface area (Å²) in [5.74, 6) is 0.0828. The standard InChI is InChI=1S/C11H12O5/c12-7(5-11(13)14)10-6-15-8-3-1-2-4-9(8)16-10/h1-4,7,10,12H,5-6H2,(H,13,14)/t7-,10?/m1/s1. The number of aliphatic carboxylic acids is 1. The quantitative estimate of drug-likeness (QED) is 0.788. The predicted molar refractivity (Wildman–Crippen MR) is 54.6 cm³/mol. The Labute approximate surface area is 92.2 Å². The minimum absolute atomic E-state index is 0.158. The van der Waals surface area contributed by atoms with Gasteiger partial charge in [0.1, 0.15) is 12.7 Å². The number of carboxylic acids is 1. The van der Waals surface area contributed by atoms with E-state index in [2.05, 4.69) is 0 Å². The van der Waals surface area contributed by atoms with Crippen LogP contribution >= 0.6 is 0 Å². The molecule has 1 aliphatic heterocycles. The van der Waals surface area contributed by atoms with Crippen LogP contribution in [0.5, 0.6) is 11.5 Å². The number of hydrogen-bond acceptors (Lipinski definition) is 4.